The van der Waals surface area contributed by atoms with Crippen LogP contribution in [0.15, 0.2) is 18.2 Å². The fourth-order valence-electron chi connectivity index (χ4n) is 1.67. The summed E-state index contributed by atoms with van der Waals surface area (Å²) in [6.07, 6.45) is 0.934. The van der Waals surface area contributed by atoms with Gasteiger partial charge in [0, 0.05) is 24.8 Å². The zero-order valence-corrected chi connectivity index (χ0v) is 12.0. The number of nitrogens with zero attached hydrogens (tertiary/aromatic N) is 1. The van der Waals surface area contributed by atoms with Crippen LogP contribution >= 0.6 is 0 Å². The van der Waals surface area contributed by atoms with Gasteiger partial charge in [-0.25, -0.2) is 0 Å². The van der Waals surface area contributed by atoms with Crippen LogP contribution in [0.2, 0.25) is 0 Å². The normalized spacial score (nSPS) is 10.6. The highest BCUT2D eigenvalue weighted by Gasteiger charge is 2.15. The Labute approximate surface area is 118 Å². The first-order valence-corrected chi connectivity index (χ1v) is 6.56. The molecule has 0 spiro atoms. The van der Waals surface area contributed by atoms with Crippen LogP contribution in [0.5, 0.6) is 0 Å². The van der Waals surface area contributed by atoms with Gasteiger partial charge in [-0.15, -0.1) is 0 Å². The molecular weight excluding hydrogens is 260 g/mol. The number of carbonyl (C=O) groups excluding carboxylic acids is 1. The Morgan fingerprint density at radius 3 is 2.70 bits per heavy atom. The van der Waals surface area contributed by atoms with Gasteiger partial charge >= 0.3 is 0 Å². The van der Waals surface area contributed by atoms with Crippen LogP contribution in [0.3, 0.4) is 0 Å². The Balaban J connectivity index is 2.65. The van der Waals surface area contributed by atoms with E-state index in [4.69, 9.17) is 4.74 Å². The van der Waals surface area contributed by atoms with Crippen molar-refractivity contribution in [3.8, 4) is 0 Å². The average molecular weight is 280 g/mol. The van der Waals surface area contributed by atoms with E-state index < -0.39 is 4.92 Å². The van der Waals surface area contributed by atoms with Crippen molar-refractivity contribution in [1.29, 1.82) is 0 Å². The molecule has 0 unspecified atom stereocenters. The first-order chi connectivity index (χ1) is 9.41. The predicted octanol–water partition coefficient (Wildman–Crippen LogP) is 3.02. The largest absolute Gasteiger partial charge is 0.379 e. The number of nitrogens with one attached hydrogen (secondary N) is 1. The molecule has 0 amide bonds. The van der Waals surface area contributed by atoms with E-state index in [1.165, 1.54) is 13.0 Å². The van der Waals surface area contributed by atoms with E-state index in [1.54, 1.807) is 12.1 Å². The molecule has 0 bridgehead atoms. The summed E-state index contributed by atoms with van der Waals surface area (Å²) in [5, 5.41) is 14.0. The lowest BCUT2D eigenvalue weighted by atomic mass is 10.1. The van der Waals surface area contributed by atoms with Gasteiger partial charge in [0.05, 0.1) is 11.0 Å². The van der Waals surface area contributed by atoms with Gasteiger partial charge in [0.15, 0.2) is 5.78 Å². The summed E-state index contributed by atoms with van der Waals surface area (Å²) >= 11 is 0. The highest BCUT2D eigenvalue weighted by atomic mass is 16.6. The Kier molecular flexibility index (Phi) is 6.11. The molecule has 1 rings (SSSR count). The quantitative estimate of drug-likeness (QED) is 0.342. The summed E-state index contributed by atoms with van der Waals surface area (Å²) in [5.74, 6) is -0.190. The highest BCUT2D eigenvalue weighted by molar-refractivity contribution is 5.95. The maximum atomic E-state index is 11.2. The number of ether oxygens (including phenoxy) is 1. The minimum Gasteiger partial charge on any atom is -0.379 e. The summed E-state index contributed by atoms with van der Waals surface area (Å²) in [7, 11) is 0. The average Bonchev–Trinajstić information content (AvgIpc) is 2.37. The first-order valence-electron chi connectivity index (χ1n) is 6.56. The summed E-state index contributed by atoms with van der Waals surface area (Å²) in [4.78, 5) is 21.8. The van der Waals surface area contributed by atoms with Gasteiger partial charge in [0.1, 0.15) is 5.69 Å². The van der Waals surface area contributed by atoms with Crippen LogP contribution in [0.25, 0.3) is 0 Å². The molecule has 20 heavy (non-hydrogen) atoms. The van der Waals surface area contributed by atoms with Crippen LogP contribution in [0.4, 0.5) is 11.4 Å². The lowest BCUT2D eigenvalue weighted by Crippen LogP contribution is -2.10. The Hall–Kier alpha value is -1.95. The Morgan fingerprint density at radius 1 is 1.45 bits per heavy atom. The van der Waals surface area contributed by atoms with Gasteiger partial charge in [-0.2, -0.15) is 0 Å². The van der Waals surface area contributed by atoms with Crippen LogP contribution in [0, 0.1) is 10.1 Å². The van der Waals surface area contributed by atoms with Gasteiger partial charge in [0.2, 0.25) is 0 Å². The van der Waals surface area contributed by atoms with E-state index >= 15 is 0 Å². The van der Waals surface area contributed by atoms with E-state index in [0.29, 0.717) is 24.4 Å². The minimum absolute atomic E-state index is 0.0810. The molecule has 1 N–H and O–H groups in total. The number of hydrogen-bond donors (Lipinski definition) is 1. The van der Waals surface area contributed by atoms with Gasteiger partial charge in [-0.05, 0) is 39.3 Å². The maximum Gasteiger partial charge on any atom is 0.293 e. The maximum absolute atomic E-state index is 11.2. The fraction of sp³-hybridized carbons (Fsp3) is 0.500. The van der Waals surface area contributed by atoms with E-state index in [1.807, 2.05) is 13.8 Å². The number of benzene rings is 1. The molecule has 0 aliphatic rings. The van der Waals surface area contributed by atoms with Crippen molar-refractivity contribution in [2.75, 3.05) is 18.5 Å². The van der Waals surface area contributed by atoms with Crippen molar-refractivity contribution in [3.05, 3.63) is 33.9 Å². The van der Waals surface area contributed by atoms with Crippen molar-refractivity contribution < 1.29 is 14.5 Å². The molecule has 0 fully saturated rings. The van der Waals surface area contributed by atoms with Crippen LogP contribution in [0.1, 0.15) is 37.6 Å². The van der Waals surface area contributed by atoms with E-state index in [-0.39, 0.29) is 17.6 Å². The van der Waals surface area contributed by atoms with Crippen LogP contribution in [-0.2, 0) is 4.74 Å². The van der Waals surface area contributed by atoms with E-state index in [0.717, 1.165) is 6.42 Å². The van der Waals surface area contributed by atoms with Crippen molar-refractivity contribution in [2.45, 2.75) is 33.3 Å². The molecule has 0 saturated heterocycles. The standard InChI is InChI=1S/C14H20N2O4/c1-10(2)20-8-4-7-15-13-6-5-12(11(3)17)9-14(13)16(18)19/h5-6,9-10,15H,4,7-8H2,1-3H3. The molecule has 0 aromatic heterocycles. The SMILES string of the molecule is CC(=O)c1ccc(NCCCOC(C)C)c([N+](=O)[O-])c1. The Bertz CT molecular complexity index is 486. The van der Waals surface area contributed by atoms with E-state index in [2.05, 4.69) is 5.32 Å². The molecule has 110 valence electrons. The predicted molar refractivity (Wildman–Crippen MR) is 77.3 cm³/mol. The van der Waals surface area contributed by atoms with Gasteiger partial charge in [-0.1, -0.05) is 0 Å². The second-order valence-electron chi connectivity index (χ2n) is 4.75. The molecular formula is C14H20N2O4. The number of nitro benzene ring substituents is 1. The first kappa shape index (κ1) is 16.1. The molecule has 0 atom stereocenters. The van der Waals surface area contributed by atoms with Crippen molar-refractivity contribution in [3.63, 3.8) is 0 Å². The van der Waals surface area contributed by atoms with Crippen LogP contribution < -0.4 is 5.32 Å². The number of ketones is 1. The second-order valence-corrected chi connectivity index (χ2v) is 4.75. The molecule has 0 heterocycles. The third-order valence-electron chi connectivity index (χ3n) is 2.69. The molecule has 6 heteroatoms. The monoisotopic (exact) mass is 280 g/mol. The molecule has 0 aliphatic carbocycles. The number of rotatable bonds is 8. The number of Topliss-reactive ketones (excluding diaryl/α,β-unsaturated/α-hetero) is 1. The highest BCUT2D eigenvalue weighted by Crippen LogP contribution is 2.25. The Morgan fingerprint density at radius 2 is 2.15 bits per heavy atom. The fourth-order valence-corrected chi connectivity index (χ4v) is 1.67. The summed E-state index contributed by atoms with van der Waals surface area (Å²) in [6, 6.07) is 4.45. The molecule has 1 aromatic rings. The van der Waals surface area contributed by atoms with Gasteiger partial charge < -0.3 is 10.1 Å². The number of anilines is 1. The zero-order valence-electron chi connectivity index (χ0n) is 12.0. The summed E-state index contributed by atoms with van der Waals surface area (Å²) in [6.45, 7) is 6.48. The number of nitro groups is 1. The zero-order chi connectivity index (χ0) is 15.1. The number of carbonyl (C=O) groups is 1. The molecule has 1 aromatic carbocycles. The van der Waals surface area contributed by atoms with E-state index in [9.17, 15) is 14.9 Å². The topological polar surface area (TPSA) is 81.5 Å². The molecule has 0 aliphatic heterocycles. The van der Waals surface area contributed by atoms with Crippen molar-refractivity contribution in [2.24, 2.45) is 0 Å². The molecule has 6 nitrogen and oxygen atoms in total. The van der Waals surface area contributed by atoms with Crippen LogP contribution in [-0.4, -0.2) is 30.0 Å². The molecule has 0 radical (unpaired) electrons. The lowest BCUT2D eigenvalue weighted by Gasteiger charge is -2.09. The third kappa shape index (κ3) is 4.97. The number of hydrogen-bond acceptors (Lipinski definition) is 5. The van der Waals surface area contributed by atoms with Crippen molar-refractivity contribution in [1.82, 2.24) is 0 Å². The third-order valence-corrected chi connectivity index (χ3v) is 2.69. The second kappa shape index (κ2) is 7.59. The minimum atomic E-state index is -0.487. The lowest BCUT2D eigenvalue weighted by molar-refractivity contribution is -0.384. The summed E-state index contributed by atoms with van der Waals surface area (Å²) < 4.78 is 5.39. The van der Waals surface area contributed by atoms with Crippen molar-refractivity contribution >= 4 is 17.2 Å². The van der Waals surface area contributed by atoms with Gasteiger partial charge in [-0.3, -0.25) is 14.9 Å². The molecule has 0 saturated carbocycles. The smallest absolute Gasteiger partial charge is 0.293 e. The van der Waals surface area contributed by atoms with Gasteiger partial charge in [0.25, 0.3) is 5.69 Å². The summed E-state index contributed by atoms with van der Waals surface area (Å²) in [5.41, 5.74) is 0.678.